The predicted octanol–water partition coefficient (Wildman–Crippen LogP) is 2.42. The number of nitrogens with one attached hydrogen (secondary N) is 2. The van der Waals surface area contributed by atoms with Gasteiger partial charge in [-0.3, -0.25) is 4.79 Å². The molecule has 1 saturated heterocycles. The minimum atomic E-state index is 0. The van der Waals surface area contributed by atoms with E-state index in [1.165, 1.54) is 4.88 Å². The van der Waals surface area contributed by atoms with Crippen LogP contribution in [-0.4, -0.2) is 25.5 Å². The quantitative estimate of drug-likeness (QED) is 0.877. The second-order valence-corrected chi connectivity index (χ2v) is 6.73. The van der Waals surface area contributed by atoms with Crippen LogP contribution in [0, 0.1) is 11.8 Å². The van der Waals surface area contributed by atoms with Crippen LogP contribution in [0.4, 0.5) is 0 Å². The summed E-state index contributed by atoms with van der Waals surface area (Å²) in [6, 6.07) is 4.20. The van der Waals surface area contributed by atoms with Crippen LogP contribution in [0.5, 0.6) is 0 Å². The Hall–Kier alpha value is -0.580. The molecule has 3 nitrogen and oxygen atoms in total. The molecule has 5 heteroatoms. The van der Waals surface area contributed by atoms with E-state index < -0.39 is 0 Å². The number of amides is 1. The van der Waals surface area contributed by atoms with Crippen LogP contribution in [0.3, 0.4) is 0 Å². The first kappa shape index (κ1) is 16.5. The van der Waals surface area contributed by atoms with Gasteiger partial charge in [0.25, 0.3) is 0 Å². The van der Waals surface area contributed by atoms with Crippen molar-refractivity contribution >= 4 is 29.7 Å². The average Bonchev–Trinajstić information content (AvgIpc) is 2.77. The van der Waals surface area contributed by atoms with E-state index in [1.807, 2.05) is 6.92 Å². The van der Waals surface area contributed by atoms with E-state index in [0.717, 1.165) is 13.1 Å². The lowest BCUT2D eigenvalue weighted by atomic mass is 9.87. The lowest BCUT2D eigenvalue weighted by molar-refractivity contribution is -0.126. The Kier molecular flexibility index (Phi) is 5.83. The Balaban J connectivity index is 0.00000180. The molecular formula is C14H23ClN2OS. The van der Waals surface area contributed by atoms with Crippen LogP contribution in [0.25, 0.3) is 0 Å². The van der Waals surface area contributed by atoms with Crippen molar-refractivity contribution < 1.29 is 4.79 Å². The summed E-state index contributed by atoms with van der Waals surface area (Å²) < 4.78 is 0. The number of carbonyl (C=O) groups is 1. The van der Waals surface area contributed by atoms with E-state index >= 15 is 0 Å². The number of halogens is 1. The van der Waals surface area contributed by atoms with Gasteiger partial charge >= 0.3 is 0 Å². The first-order valence-electron chi connectivity index (χ1n) is 6.53. The van der Waals surface area contributed by atoms with Crippen LogP contribution in [-0.2, 0) is 10.2 Å². The molecule has 2 heterocycles. The molecule has 2 N–H and O–H groups in total. The average molecular weight is 303 g/mol. The molecule has 108 valence electrons. The summed E-state index contributed by atoms with van der Waals surface area (Å²) in [5.74, 6) is 0.811. The van der Waals surface area contributed by atoms with Crippen molar-refractivity contribution in [3.05, 3.63) is 22.4 Å². The monoisotopic (exact) mass is 302 g/mol. The first-order chi connectivity index (χ1) is 8.50. The minimum absolute atomic E-state index is 0. The summed E-state index contributed by atoms with van der Waals surface area (Å²) in [5.41, 5.74) is 0.0153. The third kappa shape index (κ3) is 3.94. The van der Waals surface area contributed by atoms with Gasteiger partial charge in [-0.05, 0) is 30.5 Å². The number of rotatable bonds is 5. The standard InChI is InChI=1S/C14H22N2OS.ClH/c1-10(11-7-15-8-11)13(17)16-9-14(2,3)12-5-4-6-18-12;/h4-6,10-11,15H,7-9H2,1-3H3,(H,16,17);1H. The molecule has 1 aromatic rings. The van der Waals surface area contributed by atoms with E-state index in [4.69, 9.17) is 0 Å². The summed E-state index contributed by atoms with van der Waals surface area (Å²) >= 11 is 1.75. The van der Waals surface area contributed by atoms with Gasteiger partial charge in [0.2, 0.25) is 5.91 Å². The van der Waals surface area contributed by atoms with Gasteiger partial charge in [0.15, 0.2) is 0 Å². The van der Waals surface area contributed by atoms with E-state index in [1.54, 1.807) is 11.3 Å². The maximum atomic E-state index is 12.1. The molecule has 0 saturated carbocycles. The maximum Gasteiger partial charge on any atom is 0.223 e. The first-order valence-corrected chi connectivity index (χ1v) is 7.41. The largest absolute Gasteiger partial charge is 0.355 e. The highest BCUT2D eigenvalue weighted by Crippen LogP contribution is 2.27. The van der Waals surface area contributed by atoms with Gasteiger partial charge in [0.1, 0.15) is 0 Å². The molecule has 2 rings (SSSR count). The highest BCUT2D eigenvalue weighted by Gasteiger charge is 2.30. The molecule has 0 radical (unpaired) electrons. The predicted molar refractivity (Wildman–Crippen MR) is 83.1 cm³/mol. The number of hydrogen-bond acceptors (Lipinski definition) is 3. The van der Waals surface area contributed by atoms with Crippen molar-refractivity contribution in [1.82, 2.24) is 10.6 Å². The second kappa shape index (κ2) is 6.73. The normalized spacial score (nSPS) is 17.2. The zero-order chi connectivity index (χ0) is 13.2. The number of carbonyl (C=O) groups excluding carboxylic acids is 1. The molecule has 0 bridgehead atoms. The Morgan fingerprint density at radius 2 is 2.26 bits per heavy atom. The van der Waals surface area contributed by atoms with Crippen molar-refractivity contribution in [1.29, 1.82) is 0 Å². The van der Waals surface area contributed by atoms with E-state index in [9.17, 15) is 4.79 Å². The van der Waals surface area contributed by atoms with Crippen LogP contribution in [0.1, 0.15) is 25.6 Å². The van der Waals surface area contributed by atoms with Gasteiger partial charge in [0, 0.05) is 22.8 Å². The van der Waals surface area contributed by atoms with Gasteiger partial charge in [-0.1, -0.05) is 26.8 Å². The van der Waals surface area contributed by atoms with Gasteiger partial charge in [-0.15, -0.1) is 23.7 Å². The van der Waals surface area contributed by atoms with Gasteiger partial charge in [-0.25, -0.2) is 0 Å². The van der Waals surface area contributed by atoms with E-state index in [0.29, 0.717) is 12.5 Å². The van der Waals surface area contributed by atoms with Crippen molar-refractivity contribution in [3.63, 3.8) is 0 Å². The summed E-state index contributed by atoms with van der Waals surface area (Å²) in [6.45, 7) is 9.03. The van der Waals surface area contributed by atoms with Crippen LogP contribution < -0.4 is 10.6 Å². The number of thiophene rings is 1. The fourth-order valence-corrected chi connectivity index (χ4v) is 2.95. The summed E-state index contributed by atoms with van der Waals surface area (Å²) in [5, 5.41) is 8.40. The zero-order valence-electron chi connectivity index (χ0n) is 11.7. The molecular weight excluding hydrogens is 280 g/mol. The smallest absolute Gasteiger partial charge is 0.223 e. The molecule has 1 unspecified atom stereocenters. The molecule has 0 spiro atoms. The third-order valence-electron chi connectivity index (χ3n) is 3.83. The highest BCUT2D eigenvalue weighted by atomic mass is 35.5. The maximum absolute atomic E-state index is 12.1. The van der Waals surface area contributed by atoms with E-state index in [-0.39, 0.29) is 29.6 Å². The second-order valence-electron chi connectivity index (χ2n) is 5.79. The fourth-order valence-electron chi connectivity index (χ4n) is 2.10. The van der Waals surface area contributed by atoms with Crippen molar-refractivity contribution in [2.45, 2.75) is 26.2 Å². The van der Waals surface area contributed by atoms with Crippen molar-refractivity contribution in [2.75, 3.05) is 19.6 Å². The molecule has 1 aliphatic heterocycles. The fraction of sp³-hybridized carbons (Fsp3) is 0.643. The topological polar surface area (TPSA) is 41.1 Å². The van der Waals surface area contributed by atoms with Crippen molar-refractivity contribution in [3.8, 4) is 0 Å². The molecule has 1 fully saturated rings. The van der Waals surface area contributed by atoms with Gasteiger partial charge in [-0.2, -0.15) is 0 Å². The lowest BCUT2D eigenvalue weighted by Gasteiger charge is -2.32. The summed E-state index contributed by atoms with van der Waals surface area (Å²) in [4.78, 5) is 13.4. The molecule has 1 atom stereocenters. The lowest BCUT2D eigenvalue weighted by Crippen LogP contribution is -2.50. The molecule has 1 aliphatic rings. The molecule has 1 aromatic heterocycles. The summed E-state index contributed by atoms with van der Waals surface area (Å²) in [6.07, 6.45) is 0. The third-order valence-corrected chi connectivity index (χ3v) is 5.06. The number of hydrogen-bond donors (Lipinski definition) is 2. The van der Waals surface area contributed by atoms with Gasteiger partial charge in [0.05, 0.1) is 0 Å². The molecule has 19 heavy (non-hydrogen) atoms. The molecule has 0 aliphatic carbocycles. The zero-order valence-corrected chi connectivity index (χ0v) is 13.4. The Labute approximate surface area is 125 Å². The van der Waals surface area contributed by atoms with Gasteiger partial charge < -0.3 is 10.6 Å². The Bertz CT molecular complexity index is 402. The molecule has 0 aromatic carbocycles. The van der Waals surface area contributed by atoms with E-state index in [2.05, 4.69) is 42.0 Å². The minimum Gasteiger partial charge on any atom is -0.355 e. The van der Waals surface area contributed by atoms with Crippen LogP contribution in [0.15, 0.2) is 17.5 Å². The van der Waals surface area contributed by atoms with Crippen LogP contribution in [0.2, 0.25) is 0 Å². The molecule has 1 amide bonds. The summed E-state index contributed by atoms with van der Waals surface area (Å²) in [7, 11) is 0. The Morgan fingerprint density at radius 3 is 2.74 bits per heavy atom. The SMILES string of the molecule is CC(C(=O)NCC(C)(C)c1cccs1)C1CNC1.Cl. The Morgan fingerprint density at radius 1 is 1.58 bits per heavy atom. The highest BCUT2D eigenvalue weighted by molar-refractivity contribution is 7.10. The van der Waals surface area contributed by atoms with Crippen LogP contribution >= 0.6 is 23.7 Å². The van der Waals surface area contributed by atoms with Crippen molar-refractivity contribution in [2.24, 2.45) is 11.8 Å².